The summed E-state index contributed by atoms with van der Waals surface area (Å²) in [5, 5.41) is 0.550. The average molecular weight is 209 g/mol. The van der Waals surface area contributed by atoms with Crippen LogP contribution in [0.3, 0.4) is 0 Å². The van der Waals surface area contributed by atoms with Crippen LogP contribution in [0.1, 0.15) is 0 Å². The summed E-state index contributed by atoms with van der Waals surface area (Å²) in [7, 11) is 0. The van der Waals surface area contributed by atoms with Gasteiger partial charge in [-0.3, -0.25) is 0 Å². The van der Waals surface area contributed by atoms with Crippen molar-refractivity contribution in [1.29, 1.82) is 0 Å². The van der Waals surface area contributed by atoms with Crippen LogP contribution in [0.4, 0.5) is 0 Å². The van der Waals surface area contributed by atoms with E-state index in [2.05, 4.69) is 9.02 Å². The third-order valence-electron chi connectivity index (χ3n) is 1.12. The van der Waals surface area contributed by atoms with E-state index in [0.29, 0.717) is 16.5 Å². The molecule has 0 fully saturated rings. The predicted octanol–water partition coefficient (Wildman–Crippen LogP) is 2.87. The fourth-order valence-corrected chi connectivity index (χ4v) is 1.08. The normalized spacial score (nSPS) is 24.5. The highest BCUT2D eigenvalue weighted by Gasteiger charge is 2.08. The van der Waals surface area contributed by atoms with Gasteiger partial charge in [0.2, 0.25) is 0 Å². The molecule has 0 amide bonds. The van der Waals surface area contributed by atoms with E-state index >= 15 is 0 Å². The summed E-state index contributed by atoms with van der Waals surface area (Å²) in [6.07, 6.45) is 4.88. The van der Waals surface area contributed by atoms with E-state index < -0.39 is 0 Å². The molecule has 1 rings (SSSR count). The van der Waals surface area contributed by atoms with Crippen LogP contribution in [0.5, 0.6) is 0 Å². The minimum absolute atomic E-state index is 0.467. The van der Waals surface area contributed by atoms with E-state index in [-0.39, 0.29) is 0 Å². The molecule has 0 heterocycles. The first-order chi connectivity index (χ1) is 5.27. The van der Waals surface area contributed by atoms with E-state index in [4.69, 9.17) is 35.2 Å². The molecule has 0 radical (unpaired) electrons. The maximum Gasteiger partial charge on any atom is 0.106 e. The summed E-state index contributed by atoms with van der Waals surface area (Å²) in [6, 6.07) is 0. The predicted molar refractivity (Wildman–Crippen MR) is 49.7 cm³/mol. The first-order valence-corrected chi connectivity index (χ1v) is 3.77. The summed E-state index contributed by atoms with van der Waals surface area (Å²) in [5.41, 5.74) is 0.972. The van der Waals surface area contributed by atoms with Gasteiger partial charge in [-0.1, -0.05) is 11.6 Å². The minimum atomic E-state index is 0.467. The van der Waals surface area contributed by atoms with Gasteiger partial charge in [0, 0.05) is 28.6 Å². The quantitative estimate of drug-likeness (QED) is 0.548. The lowest BCUT2D eigenvalue weighted by atomic mass is 10.1. The zero-order chi connectivity index (χ0) is 8.27. The van der Waals surface area contributed by atoms with Crippen molar-refractivity contribution in [3.8, 4) is 0 Å². The van der Waals surface area contributed by atoms with E-state index in [1.54, 1.807) is 18.2 Å². The number of hydrogen-bond acceptors (Lipinski definition) is 2. The number of nitrogens with zero attached hydrogens (tertiary/aromatic N) is 2. The summed E-state index contributed by atoms with van der Waals surface area (Å²) in [5.74, 6) is 0. The van der Waals surface area contributed by atoms with Gasteiger partial charge in [-0.05, 0) is 18.2 Å². The Labute approximate surface area is 79.1 Å². The van der Waals surface area contributed by atoms with Gasteiger partial charge in [0.15, 0.2) is 0 Å². The highest BCUT2D eigenvalue weighted by Crippen LogP contribution is 2.11. The smallest absolute Gasteiger partial charge is 0.106 e. The number of halogens is 3. The van der Waals surface area contributed by atoms with E-state index in [0.717, 1.165) is 0 Å². The van der Waals surface area contributed by atoms with Crippen LogP contribution >= 0.6 is 35.2 Å². The van der Waals surface area contributed by atoms with Crippen LogP contribution in [0.15, 0.2) is 32.3 Å². The average Bonchev–Trinajstić information content (AvgIpc) is 2.04. The summed E-state index contributed by atoms with van der Waals surface area (Å²) < 4.78 is 6.83. The molecule has 0 bridgehead atoms. The molecule has 0 N–H and O–H groups in total. The Bertz CT molecular complexity index is 276. The van der Waals surface area contributed by atoms with E-state index in [1.165, 1.54) is 0 Å². The van der Waals surface area contributed by atoms with Crippen LogP contribution in [-0.2, 0) is 0 Å². The van der Waals surface area contributed by atoms with Crippen molar-refractivity contribution >= 4 is 46.6 Å². The van der Waals surface area contributed by atoms with Crippen LogP contribution in [0, 0.1) is 0 Å². The zero-order valence-corrected chi connectivity index (χ0v) is 7.53. The number of hydrogen-bond donors (Lipinski definition) is 0. The van der Waals surface area contributed by atoms with Gasteiger partial charge in [0.25, 0.3) is 0 Å². The largest absolute Gasteiger partial charge is 0.176 e. The molecule has 5 heteroatoms. The van der Waals surface area contributed by atoms with Crippen molar-refractivity contribution in [2.24, 2.45) is 9.02 Å². The molecule has 58 valence electrons. The molecular formula is C6H3Cl3N2. The Balaban J connectivity index is 3.03. The third-order valence-corrected chi connectivity index (χ3v) is 1.72. The lowest BCUT2D eigenvalue weighted by molar-refractivity contribution is 1.76. The fraction of sp³-hybridized carbons (Fsp3) is 0. The maximum absolute atomic E-state index is 5.65. The van der Waals surface area contributed by atoms with Gasteiger partial charge in [-0.25, -0.2) is 0 Å². The molecule has 0 aliphatic heterocycles. The topological polar surface area (TPSA) is 24.7 Å². The standard InChI is InChI=1S/C6H3Cl3N2/c7-4-1-2-5(10-8)6(3-4)11-9/h1-3H/b10-5+,11-6+. The van der Waals surface area contributed by atoms with Crippen LogP contribution in [-0.4, -0.2) is 11.4 Å². The van der Waals surface area contributed by atoms with Crippen LogP contribution in [0.25, 0.3) is 0 Å². The molecule has 0 aromatic carbocycles. The van der Waals surface area contributed by atoms with Gasteiger partial charge in [0.1, 0.15) is 11.4 Å². The molecule has 0 spiro atoms. The van der Waals surface area contributed by atoms with Crippen molar-refractivity contribution in [2.75, 3.05) is 0 Å². The second kappa shape index (κ2) is 3.90. The Kier molecular flexibility index (Phi) is 3.12. The van der Waals surface area contributed by atoms with Gasteiger partial charge in [-0.2, -0.15) is 9.02 Å². The monoisotopic (exact) mass is 208 g/mol. The second-order valence-corrected chi connectivity index (χ2v) is 2.58. The molecule has 0 aromatic rings. The SMILES string of the molecule is Cl/N=C1\C=CC(Cl)=C\C1=N/Cl. The number of allylic oxidation sites excluding steroid dienone is 4. The molecule has 0 saturated heterocycles. The first kappa shape index (κ1) is 8.78. The highest BCUT2D eigenvalue weighted by molar-refractivity contribution is 6.57. The molecule has 1 aliphatic carbocycles. The fourth-order valence-electron chi connectivity index (χ4n) is 0.636. The van der Waals surface area contributed by atoms with Crippen LogP contribution in [0.2, 0.25) is 0 Å². The molecule has 0 unspecified atom stereocenters. The lowest BCUT2D eigenvalue weighted by Crippen LogP contribution is -2.10. The van der Waals surface area contributed by atoms with Crippen molar-refractivity contribution < 1.29 is 0 Å². The minimum Gasteiger partial charge on any atom is -0.176 e. The third kappa shape index (κ3) is 2.06. The van der Waals surface area contributed by atoms with Crippen molar-refractivity contribution in [1.82, 2.24) is 0 Å². The molecule has 11 heavy (non-hydrogen) atoms. The first-order valence-electron chi connectivity index (χ1n) is 2.71. The van der Waals surface area contributed by atoms with Crippen molar-refractivity contribution in [3.05, 3.63) is 23.3 Å². The molecule has 0 aromatic heterocycles. The van der Waals surface area contributed by atoms with Crippen molar-refractivity contribution in [3.63, 3.8) is 0 Å². The zero-order valence-electron chi connectivity index (χ0n) is 5.26. The molecule has 0 saturated carbocycles. The molecule has 0 atom stereocenters. The second-order valence-electron chi connectivity index (χ2n) is 1.80. The van der Waals surface area contributed by atoms with Gasteiger partial charge >= 0.3 is 0 Å². The lowest BCUT2D eigenvalue weighted by Gasteiger charge is -2.02. The maximum atomic E-state index is 5.65. The van der Waals surface area contributed by atoms with E-state index in [9.17, 15) is 0 Å². The Morgan fingerprint density at radius 3 is 2.18 bits per heavy atom. The van der Waals surface area contributed by atoms with Gasteiger partial charge in [0.05, 0.1) is 0 Å². The number of rotatable bonds is 0. The molecular weight excluding hydrogens is 206 g/mol. The summed E-state index contributed by atoms with van der Waals surface area (Å²) in [4.78, 5) is 0. The molecule has 1 aliphatic rings. The van der Waals surface area contributed by atoms with E-state index in [1.807, 2.05) is 0 Å². The Morgan fingerprint density at radius 1 is 1.00 bits per heavy atom. The highest BCUT2D eigenvalue weighted by atomic mass is 35.5. The summed E-state index contributed by atoms with van der Waals surface area (Å²) >= 11 is 16.1. The van der Waals surface area contributed by atoms with Gasteiger partial charge in [-0.15, -0.1) is 0 Å². The van der Waals surface area contributed by atoms with Crippen molar-refractivity contribution in [2.45, 2.75) is 0 Å². The van der Waals surface area contributed by atoms with Gasteiger partial charge < -0.3 is 0 Å². The van der Waals surface area contributed by atoms with Crippen LogP contribution < -0.4 is 0 Å². The molecule has 2 nitrogen and oxygen atoms in total. The Morgan fingerprint density at radius 2 is 1.64 bits per heavy atom. The Hall–Kier alpha value is -0.310. The summed E-state index contributed by atoms with van der Waals surface area (Å²) in [6.45, 7) is 0.